The summed E-state index contributed by atoms with van der Waals surface area (Å²) in [5, 5.41) is 4.09. The molecule has 390 valence electrons. The largest absolute Gasteiger partial charge is 0.399 e. The summed E-state index contributed by atoms with van der Waals surface area (Å²) in [5.74, 6) is 0. The normalized spacial score (nSPS) is 19.2. The molecule has 0 spiro atoms. The number of benzene rings is 4. The van der Waals surface area contributed by atoms with Gasteiger partial charge in [0, 0.05) is 43.8 Å². The van der Waals surface area contributed by atoms with Crippen LogP contribution in [0.25, 0.3) is 43.9 Å². The minimum atomic E-state index is -2.08. The summed E-state index contributed by atoms with van der Waals surface area (Å²) >= 11 is 0. The Balaban J connectivity index is 1.54. The summed E-state index contributed by atoms with van der Waals surface area (Å²) in [6.45, 7) is 58.6. The van der Waals surface area contributed by atoms with Crippen molar-refractivity contribution in [3.63, 3.8) is 0 Å². The first-order valence-electron chi connectivity index (χ1n) is 26.1. The molecule has 1 aliphatic rings. The maximum Gasteiger partial charge on any atom is 0.387 e. The molecule has 0 N–H and O–H groups in total. The lowest BCUT2D eigenvalue weighted by Gasteiger charge is -2.27. The Labute approximate surface area is 429 Å². The summed E-state index contributed by atoms with van der Waals surface area (Å²) in [6.07, 6.45) is -1.95. The Bertz CT molecular complexity index is 2680. The van der Waals surface area contributed by atoms with Crippen LogP contribution in [0.5, 0.6) is 0 Å². The average Bonchev–Trinajstić information content (AvgIpc) is 3.29. The fraction of sp³-hybridized carbons (Fsp3) is 0.613. The zero-order valence-electron chi connectivity index (χ0n) is 48.7. The lowest BCUT2D eigenvalue weighted by Crippen LogP contribution is -2.39. The van der Waals surface area contributed by atoms with Gasteiger partial charge in [0.05, 0.1) is 12.2 Å². The Kier molecular flexibility index (Phi) is 14.1. The monoisotopic (exact) mass is 1010 g/mol. The van der Waals surface area contributed by atoms with Gasteiger partial charge in [0.2, 0.25) is 0 Å². The molecule has 0 saturated carbocycles. The lowest BCUT2D eigenvalue weighted by atomic mass is 9.77. The SMILES string of the molecule is C[C@H]1O[C@H](C)[C@@H](Op2oc3c(C(C)(C)C)cc(C(C)(C)C)cc3c3cc(C(C)(C)C)cc(C(C)(C)C)c3o2)[C@@H]1Op1oc2c(C(C)(C)C)cc(C(C)(C)C)cc2c2cc(C(C)(C)C)cc(C(C)(C)C)c2o1. The highest BCUT2D eigenvalue weighted by Gasteiger charge is 2.45. The molecule has 4 atom stereocenters. The predicted octanol–water partition coefficient (Wildman–Crippen LogP) is 19.4. The van der Waals surface area contributed by atoms with E-state index in [2.05, 4.69) is 229 Å². The van der Waals surface area contributed by atoms with Crippen LogP contribution in [-0.4, -0.2) is 24.4 Å². The zero-order valence-corrected chi connectivity index (χ0v) is 50.5. The van der Waals surface area contributed by atoms with Gasteiger partial charge < -0.3 is 21.5 Å². The maximum atomic E-state index is 7.32. The second-order valence-electron chi connectivity index (χ2n) is 29.1. The van der Waals surface area contributed by atoms with Crippen molar-refractivity contribution in [3.8, 4) is 0 Å². The van der Waals surface area contributed by atoms with Crippen LogP contribution < -0.4 is 9.05 Å². The van der Waals surface area contributed by atoms with Crippen LogP contribution in [0.2, 0.25) is 0 Å². The fourth-order valence-electron chi connectivity index (χ4n) is 9.61. The Morgan fingerprint density at radius 2 is 0.507 bits per heavy atom. The van der Waals surface area contributed by atoms with E-state index in [1.165, 1.54) is 22.3 Å². The molecule has 1 saturated heterocycles. The van der Waals surface area contributed by atoms with E-state index in [0.717, 1.165) is 66.1 Å². The summed E-state index contributed by atoms with van der Waals surface area (Å²) in [6, 6.07) is 18.6. The van der Waals surface area contributed by atoms with E-state index < -0.39 is 28.7 Å². The third-order valence-electron chi connectivity index (χ3n) is 14.4. The number of hydrogen-bond acceptors (Lipinski definition) is 7. The van der Waals surface area contributed by atoms with Gasteiger partial charge in [-0.05, 0) is 104 Å². The third kappa shape index (κ3) is 11.3. The highest BCUT2D eigenvalue weighted by Crippen LogP contribution is 2.49. The van der Waals surface area contributed by atoms with Gasteiger partial charge in [-0.25, -0.2) is 0 Å². The van der Waals surface area contributed by atoms with Crippen molar-refractivity contribution in [2.75, 3.05) is 0 Å². The van der Waals surface area contributed by atoms with E-state index >= 15 is 0 Å². The predicted molar refractivity (Wildman–Crippen MR) is 303 cm³/mol. The van der Waals surface area contributed by atoms with Crippen LogP contribution >= 0.6 is 16.5 Å². The molecule has 6 aromatic rings. The molecule has 0 amide bonds. The summed E-state index contributed by atoms with van der Waals surface area (Å²) < 4.78 is 50.5. The van der Waals surface area contributed by atoms with Crippen molar-refractivity contribution in [2.24, 2.45) is 0 Å². The molecule has 7 nitrogen and oxygen atoms in total. The van der Waals surface area contributed by atoms with Gasteiger partial charge in [-0.15, -0.1) is 0 Å². The molecule has 0 unspecified atom stereocenters. The topological polar surface area (TPSA) is 80.2 Å². The van der Waals surface area contributed by atoms with E-state index in [0.29, 0.717) is 0 Å². The molecule has 3 heterocycles. The summed E-state index contributed by atoms with van der Waals surface area (Å²) in [4.78, 5) is 0. The molecule has 7 rings (SSSR count). The number of fused-ring (bicyclic) bond motifs is 6. The quantitative estimate of drug-likeness (QED) is 0.174. The smallest absolute Gasteiger partial charge is 0.387 e. The van der Waals surface area contributed by atoms with Crippen LogP contribution in [0.15, 0.2) is 65.3 Å². The Morgan fingerprint density at radius 3 is 0.676 bits per heavy atom. The minimum Gasteiger partial charge on any atom is -0.399 e. The second-order valence-corrected chi connectivity index (χ2v) is 31.1. The van der Waals surface area contributed by atoms with E-state index in [1.54, 1.807) is 0 Å². The van der Waals surface area contributed by atoms with Crippen LogP contribution in [0.1, 0.15) is 225 Å². The van der Waals surface area contributed by atoms with Gasteiger partial charge in [0.15, 0.2) is 0 Å². The van der Waals surface area contributed by atoms with Gasteiger partial charge in [-0.3, -0.25) is 9.05 Å². The molecule has 0 bridgehead atoms. The molecule has 0 radical (unpaired) electrons. The molecule has 2 aromatic heterocycles. The third-order valence-corrected chi connectivity index (χ3v) is 16.5. The first-order chi connectivity index (χ1) is 32.0. The van der Waals surface area contributed by atoms with Crippen molar-refractivity contribution in [3.05, 3.63) is 93.0 Å². The van der Waals surface area contributed by atoms with Gasteiger partial charge in [-0.2, -0.15) is 0 Å². The molecule has 1 fully saturated rings. The van der Waals surface area contributed by atoms with Crippen LogP contribution in [-0.2, 0) is 48.1 Å². The van der Waals surface area contributed by atoms with Crippen molar-refractivity contribution >= 4 is 60.4 Å². The van der Waals surface area contributed by atoms with E-state index in [-0.39, 0.29) is 55.5 Å². The lowest BCUT2D eigenvalue weighted by molar-refractivity contribution is 0.0386. The van der Waals surface area contributed by atoms with Gasteiger partial charge in [-0.1, -0.05) is 190 Å². The highest BCUT2D eigenvalue weighted by molar-refractivity contribution is 7.32. The zero-order chi connectivity index (χ0) is 53.3. The Hall–Kier alpha value is -3.44. The first kappa shape index (κ1) is 55.3. The van der Waals surface area contributed by atoms with Crippen molar-refractivity contribution in [1.82, 2.24) is 0 Å². The molecular formula is C62H90O7P2. The Morgan fingerprint density at radius 1 is 0.310 bits per heavy atom. The van der Waals surface area contributed by atoms with E-state index in [1.807, 2.05) is 0 Å². The second kappa shape index (κ2) is 18.1. The minimum absolute atomic E-state index is 0.120. The highest BCUT2D eigenvalue weighted by atomic mass is 31.1. The molecule has 71 heavy (non-hydrogen) atoms. The maximum absolute atomic E-state index is 7.32. The van der Waals surface area contributed by atoms with Crippen LogP contribution in [0.3, 0.4) is 0 Å². The van der Waals surface area contributed by atoms with Crippen molar-refractivity contribution in [1.29, 1.82) is 0 Å². The number of ether oxygens (including phenoxy) is 1. The van der Waals surface area contributed by atoms with Crippen molar-refractivity contribution in [2.45, 2.75) is 248 Å². The van der Waals surface area contributed by atoms with Crippen molar-refractivity contribution < 1.29 is 30.6 Å². The van der Waals surface area contributed by atoms with E-state index in [4.69, 9.17) is 30.6 Å². The fourth-order valence-corrected chi connectivity index (χ4v) is 12.2. The first-order valence-corrected chi connectivity index (χ1v) is 28.3. The summed E-state index contributed by atoms with van der Waals surface area (Å²) in [7, 11) is -4.15. The average molecular weight is 1010 g/mol. The molecule has 9 heteroatoms. The van der Waals surface area contributed by atoms with Crippen LogP contribution in [0, 0.1) is 0 Å². The standard InChI is InChI=1S/C62H90O7P2/c1-35-49(64-70-66-51-41(27-37(55(3,4)5)31-45(51)59(15,16)17)42-28-38(56(6,7)8)32-46(52(42)67-70)60(18,19)20)50(36(2)63-35)65-71-68-53-43(29-39(57(9,10)11)33-47(53)61(21,22)23)44-30-40(58(12,13)14)34-48(54(44)69-71)62(24,25)26/h27-36,49-50H,1-26H3/t35-,36-,49-,50-/m1/s1. The molecule has 0 aliphatic carbocycles. The van der Waals surface area contributed by atoms with E-state index in [9.17, 15) is 0 Å². The molecular weight excluding hydrogens is 919 g/mol. The van der Waals surface area contributed by atoms with Gasteiger partial charge in [0.25, 0.3) is 0 Å². The van der Waals surface area contributed by atoms with Crippen LogP contribution in [0.4, 0.5) is 0 Å². The number of rotatable bonds is 4. The summed E-state index contributed by atoms with van der Waals surface area (Å²) in [5.41, 5.74) is 11.0. The molecule has 4 aromatic carbocycles. The molecule has 1 aliphatic heterocycles. The van der Waals surface area contributed by atoms with Gasteiger partial charge >= 0.3 is 16.5 Å². The number of hydrogen-bond donors (Lipinski definition) is 0. The van der Waals surface area contributed by atoms with Gasteiger partial charge in [0.1, 0.15) is 34.5 Å².